The fourth-order valence-corrected chi connectivity index (χ4v) is 3.53. The Kier molecular flexibility index (Phi) is 5.88. The van der Waals surface area contributed by atoms with Gasteiger partial charge in [-0.3, -0.25) is 4.90 Å². The van der Waals surface area contributed by atoms with E-state index in [-0.39, 0.29) is 0 Å². The van der Waals surface area contributed by atoms with E-state index in [0.29, 0.717) is 13.2 Å². The van der Waals surface area contributed by atoms with Crippen molar-refractivity contribution in [3.05, 3.63) is 40.3 Å². The molecule has 2 heterocycles. The topological polar surface area (TPSA) is 48.8 Å². The van der Waals surface area contributed by atoms with Crippen molar-refractivity contribution >= 4 is 32.4 Å². The number of hydrogen-bond donors (Lipinski definition) is 1. The predicted octanol–water partition coefficient (Wildman–Crippen LogP) is 2.47. The van der Waals surface area contributed by atoms with Crippen LogP contribution < -0.4 is 9.64 Å². The lowest BCUT2D eigenvalue weighted by Crippen LogP contribution is -2.49. The van der Waals surface area contributed by atoms with Gasteiger partial charge in [0.1, 0.15) is 18.5 Å². The van der Waals surface area contributed by atoms with Gasteiger partial charge in [0, 0.05) is 48.8 Å². The third-order valence-corrected chi connectivity index (χ3v) is 5.15. The van der Waals surface area contributed by atoms with Gasteiger partial charge in [-0.05, 0) is 24.3 Å². The zero-order chi connectivity index (χ0) is 16.1. The Morgan fingerprint density at radius 3 is 2.61 bits per heavy atom. The molecule has 0 amide bonds. The van der Waals surface area contributed by atoms with E-state index in [4.69, 9.17) is 4.74 Å². The summed E-state index contributed by atoms with van der Waals surface area (Å²) >= 11 is 5.07. The molecule has 1 atom stereocenters. The fourth-order valence-electron chi connectivity index (χ4n) is 2.57. The normalized spacial score (nSPS) is 17.2. The van der Waals surface area contributed by atoms with Gasteiger partial charge >= 0.3 is 0 Å². The second-order valence-corrected chi connectivity index (χ2v) is 7.31. The highest BCUT2D eigenvalue weighted by Crippen LogP contribution is 2.19. The molecule has 0 aliphatic carbocycles. The van der Waals surface area contributed by atoms with Crippen molar-refractivity contribution in [3.63, 3.8) is 0 Å². The predicted molar refractivity (Wildman–Crippen MR) is 96.4 cm³/mol. The molecule has 1 aromatic heterocycles. The molecule has 1 fully saturated rings. The average Bonchev–Trinajstić information content (AvgIpc) is 3.09. The maximum atomic E-state index is 10.2. The first-order valence-electron chi connectivity index (χ1n) is 7.64. The molecule has 3 rings (SSSR count). The van der Waals surface area contributed by atoms with E-state index < -0.39 is 6.10 Å². The largest absolute Gasteiger partial charge is 0.491 e. The van der Waals surface area contributed by atoms with Gasteiger partial charge in [0.2, 0.25) is 0 Å². The smallest absolute Gasteiger partial charge is 0.185 e. The van der Waals surface area contributed by atoms with Crippen LogP contribution in [0.3, 0.4) is 0 Å². The first-order valence-corrected chi connectivity index (χ1v) is 9.31. The number of halogens is 1. The molecule has 1 aliphatic heterocycles. The molecule has 0 saturated carbocycles. The van der Waals surface area contributed by atoms with Gasteiger partial charge < -0.3 is 14.7 Å². The Morgan fingerprint density at radius 2 is 1.96 bits per heavy atom. The zero-order valence-corrected chi connectivity index (χ0v) is 15.2. The van der Waals surface area contributed by atoms with Gasteiger partial charge in [-0.2, -0.15) is 0 Å². The second kappa shape index (κ2) is 8.10. The van der Waals surface area contributed by atoms with Crippen molar-refractivity contribution in [2.75, 3.05) is 44.2 Å². The molecular weight excluding hydrogens is 378 g/mol. The number of aliphatic hydroxyl groups excluding tert-OH is 1. The van der Waals surface area contributed by atoms with Crippen LogP contribution in [0.25, 0.3) is 0 Å². The average molecular weight is 398 g/mol. The third-order valence-electron chi connectivity index (χ3n) is 3.79. The number of rotatable bonds is 6. The van der Waals surface area contributed by atoms with Gasteiger partial charge in [0.25, 0.3) is 0 Å². The maximum absolute atomic E-state index is 10.2. The SMILES string of the molecule is OC(COc1ccc(Br)cc1)CN1CCN(c2nccs2)CC1. The van der Waals surface area contributed by atoms with Crippen LogP contribution >= 0.6 is 27.3 Å². The molecule has 1 unspecified atom stereocenters. The van der Waals surface area contributed by atoms with Crippen molar-refractivity contribution in [3.8, 4) is 5.75 Å². The highest BCUT2D eigenvalue weighted by atomic mass is 79.9. The molecule has 1 N–H and O–H groups in total. The fraction of sp³-hybridized carbons (Fsp3) is 0.438. The van der Waals surface area contributed by atoms with E-state index >= 15 is 0 Å². The minimum absolute atomic E-state index is 0.314. The first-order chi connectivity index (χ1) is 11.2. The van der Waals surface area contributed by atoms with Crippen molar-refractivity contribution in [1.29, 1.82) is 0 Å². The summed E-state index contributed by atoms with van der Waals surface area (Å²) in [5.74, 6) is 0.779. The van der Waals surface area contributed by atoms with E-state index in [1.54, 1.807) is 11.3 Å². The van der Waals surface area contributed by atoms with Gasteiger partial charge in [0.15, 0.2) is 5.13 Å². The van der Waals surface area contributed by atoms with Gasteiger partial charge in [-0.15, -0.1) is 11.3 Å². The zero-order valence-electron chi connectivity index (χ0n) is 12.8. The van der Waals surface area contributed by atoms with Gasteiger partial charge in [0.05, 0.1) is 0 Å². The number of β-amino-alcohol motifs (C(OH)–C–C–N with tert-alkyl or cyclic N) is 1. The third kappa shape index (κ3) is 4.91. The monoisotopic (exact) mass is 397 g/mol. The molecule has 124 valence electrons. The molecule has 2 aromatic rings. The lowest BCUT2D eigenvalue weighted by Gasteiger charge is -2.35. The lowest BCUT2D eigenvalue weighted by molar-refractivity contribution is 0.0663. The van der Waals surface area contributed by atoms with E-state index in [0.717, 1.165) is 41.5 Å². The molecule has 0 spiro atoms. The number of anilines is 1. The molecule has 7 heteroatoms. The molecule has 1 aromatic carbocycles. The van der Waals surface area contributed by atoms with Gasteiger partial charge in [-0.1, -0.05) is 15.9 Å². The van der Waals surface area contributed by atoms with Crippen LogP contribution in [-0.2, 0) is 0 Å². The molecule has 1 saturated heterocycles. The summed E-state index contributed by atoms with van der Waals surface area (Å²) < 4.78 is 6.65. The summed E-state index contributed by atoms with van der Waals surface area (Å²) in [7, 11) is 0. The quantitative estimate of drug-likeness (QED) is 0.810. The van der Waals surface area contributed by atoms with E-state index in [1.165, 1.54) is 0 Å². The molecule has 1 aliphatic rings. The van der Waals surface area contributed by atoms with Crippen molar-refractivity contribution in [2.45, 2.75) is 6.10 Å². The Hall–Kier alpha value is -1.15. The number of benzene rings is 1. The van der Waals surface area contributed by atoms with Crippen LogP contribution in [0.15, 0.2) is 40.3 Å². The number of piperazine rings is 1. The van der Waals surface area contributed by atoms with Crippen LogP contribution in [0.2, 0.25) is 0 Å². The minimum Gasteiger partial charge on any atom is -0.491 e. The summed E-state index contributed by atoms with van der Waals surface area (Å²) in [5, 5.41) is 13.3. The Labute approximate surface area is 148 Å². The van der Waals surface area contributed by atoms with Crippen LogP contribution in [0, 0.1) is 0 Å². The molecular formula is C16H20BrN3O2S. The number of hydrogen-bond acceptors (Lipinski definition) is 6. The highest BCUT2D eigenvalue weighted by molar-refractivity contribution is 9.10. The molecule has 23 heavy (non-hydrogen) atoms. The number of nitrogens with zero attached hydrogens (tertiary/aromatic N) is 3. The first kappa shape index (κ1) is 16.7. The number of aliphatic hydroxyl groups is 1. The molecule has 0 radical (unpaired) electrons. The van der Waals surface area contributed by atoms with E-state index in [2.05, 4.69) is 30.7 Å². The van der Waals surface area contributed by atoms with Crippen molar-refractivity contribution < 1.29 is 9.84 Å². The van der Waals surface area contributed by atoms with Crippen LogP contribution in [-0.4, -0.2) is 60.4 Å². The number of ether oxygens (including phenoxy) is 1. The minimum atomic E-state index is -0.481. The van der Waals surface area contributed by atoms with Crippen molar-refractivity contribution in [2.24, 2.45) is 0 Å². The number of aromatic nitrogens is 1. The molecule has 0 bridgehead atoms. The standard InChI is InChI=1S/C16H20BrN3O2S/c17-13-1-3-15(4-2-13)22-12-14(21)11-19-6-8-20(9-7-19)16-18-5-10-23-16/h1-5,10,14,21H,6-9,11-12H2. The Bertz CT molecular complexity index is 586. The van der Waals surface area contributed by atoms with Crippen molar-refractivity contribution in [1.82, 2.24) is 9.88 Å². The van der Waals surface area contributed by atoms with Crippen LogP contribution in [0.5, 0.6) is 5.75 Å². The van der Waals surface area contributed by atoms with Crippen LogP contribution in [0.4, 0.5) is 5.13 Å². The second-order valence-electron chi connectivity index (χ2n) is 5.52. The number of thiazole rings is 1. The summed E-state index contributed by atoms with van der Waals surface area (Å²) in [6, 6.07) is 7.65. The van der Waals surface area contributed by atoms with Gasteiger partial charge in [-0.25, -0.2) is 4.98 Å². The summed E-state index contributed by atoms with van der Waals surface area (Å²) in [6.45, 7) is 4.74. The summed E-state index contributed by atoms with van der Waals surface area (Å²) in [4.78, 5) is 8.92. The maximum Gasteiger partial charge on any atom is 0.185 e. The van der Waals surface area contributed by atoms with E-state index in [9.17, 15) is 5.11 Å². The Morgan fingerprint density at radius 1 is 1.22 bits per heavy atom. The summed E-state index contributed by atoms with van der Waals surface area (Å²) in [5.41, 5.74) is 0. The molecule has 5 nitrogen and oxygen atoms in total. The highest BCUT2D eigenvalue weighted by Gasteiger charge is 2.20. The van der Waals surface area contributed by atoms with E-state index in [1.807, 2.05) is 35.8 Å². The lowest BCUT2D eigenvalue weighted by atomic mass is 10.2. The van der Waals surface area contributed by atoms with Crippen LogP contribution in [0.1, 0.15) is 0 Å². The summed E-state index contributed by atoms with van der Waals surface area (Å²) in [6.07, 6.45) is 1.36. The Balaban J connectivity index is 1.39.